The molecule has 7 nitrogen and oxygen atoms in total. The highest BCUT2D eigenvalue weighted by Crippen LogP contribution is 2.06. The predicted octanol–water partition coefficient (Wildman–Crippen LogP) is 0.633. The van der Waals surface area contributed by atoms with E-state index in [2.05, 4.69) is 20.6 Å². The number of nitrogens with one attached hydrogen (secondary N) is 3. The molecule has 0 aromatic carbocycles. The molecule has 7 heteroatoms. The summed E-state index contributed by atoms with van der Waals surface area (Å²) in [6.07, 6.45) is 3.22. The Bertz CT molecular complexity index is 400. The maximum atomic E-state index is 11.5. The standard InChI is InChI=1S/C10H16N4O3/c1-6(7-11-4-5-12-7)13-9(17)14-10(2,3)8(15)16/h4-6H,1-3H3,(H,11,12)(H,15,16)(H2,13,14,17). The Morgan fingerprint density at radius 2 is 2.18 bits per heavy atom. The SMILES string of the molecule is CC(NC(=O)NC(C)(C)C(=O)O)c1ncc[nH]1. The summed E-state index contributed by atoms with van der Waals surface area (Å²) < 4.78 is 0. The van der Waals surface area contributed by atoms with Crippen molar-refractivity contribution in [1.29, 1.82) is 0 Å². The summed E-state index contributed by atoms with van der Waals surface area (Å²) in [5, 5.41) is 13.8. The fourth-order valence-corrected chi connectivity index (χ4v) is 1.15. The largest absolute Gasteiger partial charge is 0.480 e. The number of carboxylic acids is 1. The zero-order chi connectivity index (χ0) is 13.1. The van der Waals surface area contributed by atoms with E-state index in [1.165, 1.54) is 13.8 Å². The molecular weight excluding hydrogens is 224 g/mol. The molecule has 0 fully saturated rings. The van der Waals surface area contributed by atoms with Crippen LogP contribution >= 0.6 is 0 Å². The van der Waals surface area contributed by atoms with Crippen molar-refractivity contribution in [1.82, 2.24) is 20.6 Å². The summed E-state index contributed by atoms with van der Waals surface area (Å²) in [5.41, 5.74) is -1.31. The lowest BCUT2D eigenvalue weighted by atomic mass is 10.1. The van der Waals surface area contributed by atoms with Crippen molar-refractivity contribution in [2.75, 3.05) is 0 Å². The van der Waals surface area contributed by atoms with Crippen molar-refractivity contribution in [3.63, 3.8) is 0 Å². The lowest BCUT2D eigenvalue weighted by Gasteiger charge is -2.22. The second-order valence-corrected chi connectivity index (χ2v) is 4.22. The van der Waals surface area contributed by atoms with Gasteiger partial charge in [-0.05, 0) is 20.8 Å². The van der Waals surface area contributed by atoms with Gasteiger partial charge in [-0.15, -0.1) is 0 Å². The van der Waals surface area contributed by atoms with Gasteiger partial charge in [-0.3, -0.25) is 0 Å². The number of aromatic nitrogens is 2. The molecule has 0 radical (unpaired) electrons. The van der Waals surface area contributed by atoms with Gasteiger partial charge in [-0.1, -0.05) is 0 Å². The molecule has 94 valence electrons. The number of hydrogen-bond acceptors (Lipinski definition) is 3. The summed E-state index contributed by atoms with van der Waals surface area (Å²) >= 11 is 0. The van der Waals surface area contributed by atoms with Crippen molar-refractivity contribution in [2.24, 2.45) is 0 Å². The molecule has 2 amide bonds. The summed E-state index contributed by atoms with van der Waals surface area (Å²) in [7, 11) is 0. The van der Waals surface area contributed by atoms with E-state index in [-0.39, 0.29) is 6.04 Å². The van der Waals surface area contributed by atoms with Crippen LogP contribution in [0.15, 0.2) is 12.4 Å². The molecule has 0 aliphatic rings. The van der Waals surface area contributed by atoms with E-state index in [9.17, 15) is 9.59 Å². The van der Waals surface area contributed by atoms with Crippen molar-refractivity contribution in [2.45, 2.75) is 32.4 Å². The number of aliphatic carboxylic acids is 1. The van der Waals surface area contributed by atoms with Gasteiger partial charge in [0.2, 0.25) is 0 Å². The van der Waals surface area contributed by atoms with E-state index in [4.69, 9.17) is 5.11 Å². The van der Waals surface area contributed by atoms with Crippen LogP contribution in [0, 0.1) is 0 Å². The van der Waals surface area contributed by atoms with Crippen LogP contribution < -0.4 is 10.6 Å². The molecule has 0 aliphatic carbocycles. The number of urea groups is 1. The highest BCUT2D eigenvalue weighted by Gasteiger charge is 2.29. The van der Waals surface area contributed by atoms with E-state index in [0.29, 0.717) is 5.82 Å². The highest BCUT2D eigenvalue weighted by atomic mass is 16.4. The first-order valence-electron chi connectivity index (χ1n) is 5.14. The fourth-order valence-electron chi connectivity index (χ4n) is 1.15. The highest BCUT2D eigenvalue weighted by molar-refractivity contribution is 5.85. The van der Waals surface area contributed by atoms with Crippen LogP contribution in [-0.4, -0.2) is 32.6 Å². The van der Waals surface area contributed by atoms with Crippen molar-refractivity contribution in [3.8, 4) is 0 Å². The second kappa shape index (κ2) is 4.86. The van der Waals surface area contributed by atoms with E-state index < -0.39 is 17.5 Å². The Kier molecular flexibility index (Phi) is 3.72. The average Bonchev–Trinajstić information content (AvgIpc) is 2.68. The molecule has 1 rings (SSSR count). The van der Waals surface area contributed by atoms with E-state index in [1.54, 1.807) is 19.3 Å². The molecule has 1 aromatic rings. The lowest BCUT2D eigenvalue weighted by Crippen LogP contribution is -2.53. The van der Waals surface area contributed by atoms with Crippen LogP contribution in [0.2, 0.25) is 0 Å². The normalized spacial score (nSPS) is 12.9. The van der Waals surface area contributed by atoms with Gasteiger partial charge in [-0.2, -0.15) is 0 Å². The maximum absolute atomic E-state index is 11.5. The molecule has 1 atom stereocenters. The van der Waals surface area contributed by atoms with Gasteiger partial charge in [0.05, 0.1) is 6.04 Å². The lowest BCUT2D eigenvalue weighted by molar-refractivity contribution is -0.142. The van der Waals surface area contributed by atoms with Crippen LogP contribution in [0.25, 0.3) is 0 Å². The quantitative estimate of drug-likeness (QED) is 0.619. The van der Waals surface area contributed by atoms with Gasteiger partial charge in [0.1, 0.15) is 11.4 Å². The first kappa shape index (κ1) is 13.0. The fraction of sp³-hybridized carbons (Fsp3) is 0.500. The van der Waals surface area contributed by atoms with Gasteiger partial charge < -0.3 is 20.7 Å². The molecule has 1 unspecified atom stereocenters. The third-order valence-electron chi connectivity index (χ3n) is 2.24. The molecule has 17 heavy (non-hydrogen) atoms. The number of rotatable bonds is 4. The van der Waals surface area contributed by atoms with Crippen molar-refractivity contribution in [3.05, 3.63) is 18.2 Å². The first-order chi connectivity index (χ1) is 7.83. The Hall–Kier alpha value is -2.05. The van der Waals surface area contributed by atoms with E-state index in [1.807, 2.05) is 0 Å². The second-order valence-electron chi connectivity index (χ2n) is 4.22. The number of carbonyl (C=O) groups is 2. The molecule has 0 aliphatic heterocycles. The number of aromatic amines is 1. The molecule has 4 N–H and O–H groups in total. The Labute approximate surface area is 98.6 Å². The van der Waals surface area contributed by atoms with E-state index >= 15 is 0 Å². The van der Waals surface area contributed by atoms with Gasteiger partial charge >= 0.3 is 12.0 Å². The molecule has 0 saturated heterocycles. The summed E-state index contributed by atoms with van der Waals surface area (Å²) in [5.74, 6) is -0.494. The van der Waals surface area contributed by atoms with Crippen LogP contribution in [0.1, 0.15) is 32.6 Å². The monoisotopic (exact) mass is 240 g/mol. The molecule has 0 bridgehead atoms. The summed E-state index contributed by atoms with van der Waals surface area (Å²) in [6.45, 7) is 4.56. The maximum Gasteiger partial charge on any atom is 0.328 e. The number of hydrogen-bond donors (Lipinski definition) is 4. The van der Waals surface area contributed by atoms with Crippen molar-refractivity contribution < 1.29 is 14.7 Å². The summed E-state index contributed by atoms with van der Waals surface area (Å²) in [6, 6.07) is -0.879. The van der Waals surface area contributed by atoms with Crippen LogP contribution in [-0.2, 0) is 4.79 Å². The number of H-pyrrole nitrogens is 1. The van der Waals surface area contributed by atoms with Crippen LogP contribution in [0.5, 0.6) is 0 Å². The number of imidazole rings is 1. The van der Waals surface area contributed by atoms with Gasteiger partial charge in [0, 0.05) is 12.4 Å². The number of carboxylic acid groups (broad SMARTS) is 1. The number of amides is 2. The van der Waals surface area contributed by atoms with Gasteiger partial charge in [-0.25, -0.2) is 14.6 Å². The zero-order valence-electron chi connectivity index (χ0n) is 9.94. The minimum absolute atomic E-state index is 0.324. The number of nitrogens with zero attached hydrogens (tertiary/aromatic N) is 1. The van der Waals surface area contributed by atoms with Gasteiger partial charge in [0.15, 0.2) is 0 Å². The zero-order valence-corrected chi connectivity index (χ0v) is 9.94. The van der Waals surface area contributed by atoms with Crippen LogP contribution in [0.3, 0.4) is 0 Å². The van der Waals surface area contributed by atoms with Crippen molar-refractivity contribution >= 4 is 12.0 Å². The van der Waals surface area contributed by atoms with Crippen LogP contribution in [0.4, 0.5) is 4.79 Å². The molecule has 1 heterocycles. The minimum atomic E-state index is -1.31. The predicted molar refractivity (Wildman–Crippen MR) is 60.4 cm³/mol. The Morgan fingerprint density at radius 3 is 2.65 bits per heavy atom. The average molecular weight is 240 g/mol. The molecule has 0 saturated carbocycles. The topological polar surface area (TPSA) is 107 Å². The first-order valence-corrected chi connectivity index (χ1v) is 5.14. The Balaban J connectivity index is 2.53. The third-order valence-corrected chi connectivity index (χ3v) is 2.24. The summed E-state index contributed by atoms with van der Waals surface area (Å²) in [4.78, 5) is 29.2. The molecule has 1 aromatic heterocycles. The molecular formula is C10H16N4O3. The van der Waals surface area contributed by atoms with Gasteiger partial charge in [0.25, 0.3) is 0 Å². The minimum Gasteiger partial charge on any atom is -0.480 e. The van der Waals surface area contributed by atoms with E-state index in [0.717, 1.165) is 0 Å². The smallest absolute Gasteiger partial charge is 0.328 e. The Morgan fingerprint density at radius 1 is 1.53 bits per heavy atom. The third kappa shape index (κ3) is 3.47. The number of carbonyl (C=O) groups excluding carboxylic acids is 1. The molecule has 0 spiro atoms.